The summed E-state index contributed by atoms with van der Waals surface area (Å²) in [6.45, 7) is 0.720. The average Bonchev–Trinajstić information content (AvgIpc) is 3.12. The normalized spacial score (nSPS) is 16.6. The molecule has 0 unspecified atom stereocenters. The van der Waals surface area contributed by atoms with Gasteiger partial charge in [0.2, 0.25) is 0 Å². The number of urea groups is 1. The summed E-state index contributed by atoms with van der Waals surface area (Å²) < 4.78 is 10.5. The van der Waals surface area contributed by atoms with Gasteiger partial charge in [0.05, 0.1) is 25.9 Å². The highest BCUT2D eigenvalue weighted by Crippen LogP contribution is 2.34. The standard InChI is InChI=1S/C19H21ClN2O3/c1-24-15-9-10-16(18(12-15)25-2)21-19(23)22-11-3-4-17(22)13-5-7-14(20)8-6-13/h5-10,12,17H,3-4,11H2,1-2H3,(H,21,23)/t17-/m1/s1. The molecule has 1 atom stereocenters. The summed E-state index contributed by atoms with van der Waals surface area (Å²) in [6.07, 6.45) is 1.91. The zero-order valence-electron chi connectivity index (χ0n) is 14.3. The summed E-state index contributed by atoms with van der Waals surface area (Å²) in [5.74, 6) is 1.24. The number of ether oxygens (including phenoxy) is 2. The summed E-state index contributed by atoms with van der Waals surface area (Å²) in [5.41, 5.74) is 1.72. The number of halogens is 1. The summed E-state index contributed by atoms with van der Waals surface area (Å²) in [4.78, 5) is 14.6. The van der Waals surface area contributed by atoms with Crippen molar-refractivity contribution in [3.63, 3.8) is 0 Å². The van der Waals surface area contributed by atoms with Crippen molar-refractivity contribution in [3.05, 3.63) is 53.1 Å². The Balaban J connectivity index is 1.77. The predicted octanol–water partition coefficient (Wildman–Crippen LogP) is 4.73. The maximum atomic E-state index is 12.8. The van der Waals surface area contributed by atoms with E-state index in [2.05, 4.69) is 5.32 Å². The molecule has 2 amide bonds. The van der Waals surface area contributed by atoms with Crippen LogP contribution in [0.5, 0.6) is 11.5 Å². The summed E-state index contributed by atoms with van der Waals surface area (Å²) in [7, 11) is 3.16. The zero-order chi connectivity index (χ0) is 17.8. The predicted molar refractivity (Wildman–Crippen MR) is 98.7 cm³/mol. The van der Waals surface area contributed by atoms with Gasteiger partial charge in [-0.05, 0) is 42.7 Å². The number of anilines is 1. The molecule has 0 radical (unpaired) electrons. The van der Waals surface area contributed by atoms with Crippen molar-refractivity contribution in [2.24, 2.45) is 0 Å². The molecule has 0 aliphatic carbocycles. The summed E-state index contributed by atoms with van der Waals surface area (Å²) >= 11 is 5.97. The van der Waals surface area contributed by atoms with E-state index in [1.165, 1.54) is 0 Å². The third kappa shape index (κ3) is 3.82. The van der Waals surface area contributed by atoms with Crippen molar-refractivity contribution >= 4 is 23.3 Å². The molecule has 1 aliphatic heterocycles. The van der Waals surface area contributed by atoms with Crippen LogP contribution >= 0.6 is 11.6 Å². The lowest BCUT2D eigenvalue weighted by Gasteiger charge is -2.26. The smallest absolute Gasteiger partial charge is 0.322 e. The van der Waals surface area contributed by atoms with E-state index >= 15 is 0 Å². The Kier molecular flexibility index (Phi) is 5.34. The molecule has 1 fully saturated rings. The molecule has 6 heteroatoms. The minimum Gasteiger partial charge on any atom is -0.497 e. The highest BCUT2D eigenvalue weighted by atomic mass is 35.5. The third-order valence-electron chi connectivity index (χ3n) is 4.42. The quantitative estimate of drug-likeness (QED) is 0.857. The van der Waals surface area contributed by atoms with Crippen LogP contribution in [0, 0.1) is 0 Å². The number of amides is 2. The highest BCUT2D eigenvalue weighted by Gasteiger charge is 2.30. The Morgan fingerprint density at radius 3 is 2.60 bits per heavy atom. The molecular formula is C19H21ClN2O3. The number of methoxy groups -OCH3 is 2. The maximum absolute atomic E-state index is 12.8. The van der Waals surface area contributed by atoms with E-state index in [0.29, 0.717) is 22.2 Å². The van der Waals surface area contributed by atoms with Crippen molar-refractivity contribution in [2.45, 2.75) is 18.9 Å². The van der Waals surface area contributed by atoms with Gasteiger partial charge < -0.3 is 19.7 Å². The molecule has 132 valence electrons. The minimum absolute atomic E-state index is 0.0570. The van der Waals surface area contributed by atoms with Gasteiger partial charge in [-0.25, -0.2) is 4.79 Å². The van der Waals surface area contributed by atoms with Gasteiger partial charge in [-0.1, -0.05) is 23.7 Å². The zero-order valence-corrected chi connectivity index (χ0v) is 15.0. The van der Waals surface area contributed by atoms with Gasteiger partial charge in [-0.2, -0.15) is 0 Å². The van der Waals surface area contributed by atoms with Crippen LogP contribution in [0.2, 0.25) is 5.02 Å². The first-order chi connectivity index (χ1) is 12.1. The molecule has 0 spiro atoms. The number of nitrogens with one attached hydrogen (secondary N) is 1. The largest absolute Gasteiger partial charge is 0.497 e. The second-order valence-electron chi connectivity index (χ2n) is 5.90. The Labute approximate surface area is 152 Å². The Morgan fingerprint density at radius 1 is 1.16 bits per heavy atom. The topological polar surface area (TPSA) is 50.8 Å². The van der Waals surface area contributed by atoms with Gasteiger partial charge in [-0.15, -0.1) is 0 Å². The number of rotatable bonds is 4. The number of hydrogen-bond donors (Lipinski definition) is 1. The van der Waals surface area contributed by atoms with E-state index < -0.39 is 0 Å². The average molecular weight is 361 g/mol. The first kappa shape index (κ1) is 17.4. The monoisotopic (exact) mass is 360 g/mol. The van der Waals surface area contributed by atoms with Crippen LogP contribution in [0.15, 0.2) is 42.5 Å². The van der Waals surface area contributed by atoms with E-state index in [4.69, 9.17) is 21.1 Å². The molecule has 1 heterocycles. The second kappa shape index (κ2) is 7.66. The van der Waals surface area contributed by atoms with Crippen molar-refractivity contribution < 1.29 is 14.3 Å². The Morgan fingerprint density at radius 2 is 1.92 bits per heavy atom. The fraction of sp³-hybridized carbons (Fsp3) is 0.316. The molecule has 2 aromatic carbocycles. The number of hydrogen-bond acceptors (Lipinski definition) is 3. The van der Waals surface area contributed by atoms with Crippen molar-refractivity contribution in [3.8, 4) is 11.5 Å². The van der Waals surface area contributed by atoms with Crippen LogP contribution in [-0.2, 0) is 0 Å². The number of carbonyl (C=O) groups excluding carboxylic acids is 1. The van der Waals surface area contributed by atoms with E-state index in [1.807, 2.05) is 29.2 Å². The number of likely N-dealkylation sites (tertiary alicyclic amines) is 1. The third-order valence-corrected chi connectivity index (χ3v) is 4.67. The fourth-order valence-electron chi connectivity index (χ4n) is 3.13. The maximum Gasteiger partial charge on any atom is 0.322 e. The molecule has 1 aliphatic rings. The lowest BCUT2D eigenvalue weighted by Crippen LogP contribution is -2.34. The molecule has 2 aromatic rings. The number of benzene rings is 2. The second-order valence-corrected chi connectivity index (χ2v) is 6.34. The van der Waals surface area contributed by atoms with Crippen molar-refractivity contribution in [1.29, 1.82) is 0 Å². The molecule has 3 rings (SSSR count). The van der Waals surface area contributed by atoms with Crippen LogP contribution in [0.4, 0.5) is 10.5 Å². The van der Waals surface area contributed by atoms with Gasteiger partial charge in [0.25, 0.3) is 0 Å². The van der Waals surface area contributed by atoms with E-state index in [9.17, 15) is 4.79 Å². The van der Waals surface area contributed by atoms with Gasteiger partial charge in [0, 0.05) is 17.6 Å². The van der Waals surface area contributed by atoms with E-state index in [1.54, 1.807) is 32.4 Å². The van der Waals surface area contributed by atoms with Crippen molar-refractivity contribution in [1.82, 2.24) is 4.90 Å². The van der Waals surface area contributed by atoms with Crippen molar-refractivity contribution in [2.75, 3.05) is 26.1 Å². The van der Waals surface area contributed by atoms with Crippen LogP contribution in [0.3, 0.4) is 0 Å². The van der Waals surface area contributed by atoms with Crippen LogP contribution in [0.25, 0.3) is 0 Å². The molecule has 0 bridgehead atoms. The Hall–Kier alpha value is -2.40. The molecule has 0 aromatic heterocycles. The fourth-order valence-corrected chi connectivity index (χ4v) is 3.26. The van der Waals surface area contributed by atoms with Crippen LogP contribution < -0.4 is 14.8 Å². The van der Waals surface area contributed by atoms with E-state index in [0.717, 1.165) is 24.9 Å². The van der Waals surface area contributed by atoms with Crippen LogP contribution in [0.1, 0.15) is 24.4 Å². The number of carbonyl (C=O) groups is 1. The van der Waals surface area contributed by atoms with Gasteiger partial charge in [-0.3, -0.25) is 0 Å². The van der Waals surface area contributed by atoms with E-state index in [-0.39, 0.29) is 12.1 Å². The lowest BCUT2D eigenvalue weighted by atomic mass is 10.1. The first-order valence-corrected chi connectivity index (χ1v) is 8.55. The Bertz CT molecular complexity index is 749. The first-order valence-electron chi connectivity index (χ1n) is 8.17. The van der Waals surface area contributed by atoms with Gasteiger partial charge in [0.15, 0.2) is 0 Å². The summed E-state index contributed by atoms with van der Waals surface area (Å²) in [5, 5.41) is 3.64. The van der Waals surface area contributed by atoms with Crippen LogP contribution in [-0.4, -0.2) is 31.7 Å². The lowest BCUT2D eigenvalue weighted by molar-refractivity contribution is 0.207. The molecular weight excluding hydrogens is 340 g/mol. The highest BCUT2D eigenvalue weighted by molar-refractivity contribution is 6.30. The molecule has 25 heavy (non-hydrogen) atoms. The molecule has 0 saturated carbocycles. The molecule has 1 saturated heterocycles. The van der Waals surface area contributed by atoms with Gasteiger partial charge >= 0.3 is 6.03 Å². The minimum atomic E-state index is -0.138. The number of nitrogens with zero attached hydrogens (tertiary/aromatic N) is 1. The SMILES string of the molecule is COc1ccc(NC(=O)N2CCC[C@@H]2c2ccc(Cl)cc2)c(OC)c1. The molecule has 1 N–H and O–H groups in total. The van der Waals surface area contributed by atoms with Gasteiger partial charge in [0.1, 0.15) is 11.5 Å². The summed E-state index contributed by atoms with van der Waals surface area (Å²) in [6, 6.07) is 12.9. The molecule has 5 nitrogen and oxygen atoms in total.